The second-order valence-corrected chi connectivity index (χ2v) is 5.74. The molecule has 3 rings (SSSR count). The molecule has 2 aromatic rings. The molecular weight excluding hydrogens is 227 g/mol. The van der Waals surface area contributed by atoms with Crippen LogP contribution in [0.4, 0.5) is 0 Å². The van der Waals surface area contributed by atoms with Crippen molar-refractivity contribution in [3.05, 3.63) is 30.7 Å². The van der Waals surface area contributed by atoms with E-state index in [-0.39, 0.29) is 18.3 Å². The first-order chi connectivity index (χ1) is 8.39. The molecule has 0 bridgehead atoms. The highest BCUT2D eigenvalue weighted by molar-refractivity contribution is 6.62. The fraction of sp³-hybridized carbons (Fsp3) is 0.462. The third kappa shape index (κ3) is 1.66. The van der Waals surface area contributed by atoms with Crippen LogP contribution in [-0.4, -0.2) is 27.7 Å². The van der Waals surface area contributed by atoms with Crippen LogP contribution in [0.15, 0.2) is 30.7 Å². The fourth-order valence-corrected chi connectivity index (χ4v) is 2.05. The Morgan fingerprint density at radius 3 is 2.44 bits per heavy atom. The van der Waals surface area contributed by atoms with E-state index in [1.165, 1.54) is 0 Å². The third-order valence-electron chi connectivity index (χ3n) is 3.95. The maximum absolute atomic E-state index is 6.02. The van der Waals surface area contributed by atoms with Gasteiger partial charge in [-0.2, -0.15) is 0 Å². The van der Waals surface area contributed by atoms with Crippen molar-refractivity contribution in [2.75, 3.05) is 0 Å². The second kappa shape index (κ2) is 3.59. The first-order valence-corrected chi connectivity index (χ1v) is 6.17. The Morgan fingerprint density at radius 2 is 1.78 bits per heavy atom. The normalized spacial score (nSPS) is 21.7. The molecule has 1 aliphatic heterocycles. The molecule has 1 saturated heterocycles. The Morgan fingerprint density at radius 1 is 1.11 bits per heavy atom. The van der Waals surface area contributed by atoms with Crippen molar-refractivity contribution in [1.29, 1.82) is 0 Å². The van der Waals surface area contributed by atoms with Crippen molar-refractivity contribution in [2.24, 2.45) is 0 Å². The van der Waals surface area contributed by atoms with Gasteiger partial charge in [0.15, 0.2) is 0 Å². The van der Waals surface area contributed by atoms with Crippen molar-refractivity contribution in [2.45, 2.75) is 38.9 Å². The van der Waals surface area contributed by atoms with Gasteiger partial charge in [-0.15, -0.1) is 0 Å². The van der Waals surface area contributed by atoms with Gasteiger partial charge in [-0.05, 0) is 45.3 Å². The lowest BCUT2D eigenvalue weighted by molar-refractivity contribution is 0.00578. The lowest BCUT2D eigenvalue weighted by atomic mass is 9.80. The van der Waals surface area contributed by atoms with Gasteiger partial charge >= 0.3 is 7.12 Å². The number of hydrogen-bond acceptors (Lipinski definition) is 3. The monoisotopic (exact) mass is 244 g/mol. The summed E-state index contributed by atoms with van der Waals surface area (Å²) in [5.41, 5.74) is 1.30. The minimum Gasteiger partial charge on any atom is -0.399 e. The van der Waals surface area contributed by atoms with Crippen LogP contribution in [0.25, 0.3) is 5.65 Å². The van der Waals surface area contributed by atoms with E-state index < -0.39 is 0 Å². The van der Waals surface area contributed by atoms with E-state index >= 15 is 0 Å². The van der Waals surface area contributed by atoms with Crippen LogP contribution >= 0.6 is 0 Å². The van der Waals surface area contributed by atoms with Crippen molar-refractivity contribution in [3.8, 4) is 0 Å². The van der Waals surface area contributed by atoms with Gasteiger partial charge in [0.05, 0.1) is 11.2 Å². The van der Waals surface area contributed by atoms with Crippen molar-refractivity contribution in [1.82, 2.24) is 9.38 Å². The highest BCUT2D eigenvalue weighted by Gasteiger charge is 2.51. The van der Waals surface area contributed by atoms with Crippen LogP contribution in [0.5, 0.6) is 0 Å². The first-order valence-electron chi connectivity index (χ1n) is 6.17. The molecule has 1 aliphatic rings. The van der Waals surface area contributed by atoms with Crippen molar-refractivity contribution >= 4 is 18.2 Å². The lowest BCUT2D eigenvalue weighted by Gasteiger charge is -2.32. The quantitative estimate of drug-likeness (QED) is 0.715. The molecule has 0 saturated carbocycles. The Bertz CT molecular complexity index is 575. The summed E-state index contributed by atoms with van der Waals surface area (Å²) in [5, 5.41) is 0. The number of pyridine rings is 1. The molecule has 0 N–H and O–H groups in total. The summed E-state index contributed by atoms with van der Waals surface area (Å²) >= 11 is 0. The second-order valence-electron chi connectivity index (χ2n) is 5.74. The molecule has 0 spiro atoms. The number of fused-ring (bicyclic) bond motifs is 1. The van der Waals surface area contributed by atoms with Gasteiger partial charge in [-0.3, -0.25) is 0 Å². The standard InChI is InChI=1S/C13H17BN2O2/c1-12(2)13(3,4)18-14(17-12)10-5-7-16-8-6-15-11(16)9-10/h5-9H,1-4H3. The van der Waals surface area contributed by atoms with E-state index in [4.69, 9.17) is 9.31 Å². The summed E-state index contributed by atoms with van der Waals surface area (Å²) in [7, 11) is -0.323. The Labute approximate surface area is 107 Å². The molecular formula is C13H17BN2O2. The zero-order chi connectivity index (χ0) is 13.0. The molecule has 0 radical (unpaired) electrons. The van der Waals surface area contributed by atoms with Gasteiger partial charge in [0, 0.05) is 18.6 Å². The summed E-state index contributed by atoms with van der Waals surface area (Å²) in [5.74, 6) is 0. The van der Waals surface area contributed by atoms with Crippen LogP contribution in [-0.2, 0) is 9.31 Å². The average Bonchev–Trinajstić information content (AvgIpc) is 2.80. The average molecular weight is 244 g/mol. The zero-order valence-electron chi connectivity index (χ0n) is 11.2. The van der Waals surface area contributed by atoms with E-state index in [9.17, 15) is 0 Å². The molecule has 0 unspecified atom stereocenters. The third-order valence-corrected chi connectivity index (χ3v) is 3.95. The molecule has 3 heterocycles. The summed E-state index contributed by atoms with van der Waals surface area (Å²) in [6, 6.07) is 4.01. The van der Waals surface area contributed by atoms with Gasteiger partial charge in [-0.25, -0.2) is 4.98 Å². The first kappa shape index (κ1) is 11.7. The van der Waals surface area contributed by atoms with E-state index in [1.807, 2.05) is 28.9 Å². The minimum absolute atomic E-state index is 0.306. The van der Waals surface area contributed by atoms with E-state index in [0.29, 0.717) is 0 Å². The van der Waals surface area contributed by atoms with E-state index in [2.05, 4.69) is 32.7 Å². The zero-order valence-corrected chi connectivity index (χ0v) is 11.2. The van der Waals surface area contributed by atoms with Gasteiger partial charge in [0.1, 0.15) is 5.65 Å². The van der Waals surface area contributed by atoms with Crippen LogP contribution in [0.3, 0.4) is 0 Å². The molecule has 0 aliphatic carbocycles. The molecule has 94 valence electrons. The Kier molecular flexibility index (Phi) is 2.34. The number of hydrogen-bond donors (Lipinski definition) is 0. The van der Waals surface area contributed by atoms with Crippen LogP contribution in [0.1, 0.15) is 27.7 Å². The predicted octanol–water partition coefficient (Wildman–Crippen LogP) is 1.63. The number of aromatic nitrogens is 2. The summed E-state index contributed by atoms with van der Waals surface area (Å²) < 4.78 is 14.0. The van der Waals surface area contributed by atoms with Crippen molar-refractivity contribution in [3.63, 3.8) is 0 Å². The summed E-state index contributed by atoms with van der Waals surface area (Å²) in [6.45, 7) is 8.23. The molecule has 0 amide bonds. The topological polar surface area (TPSA) is 35.8 Å². The fourth-order valence-electron chi connectivity index (χ4n) is 2.05. The van der Waals surface area contributed by atoms with E-state index in [0.717, 1.165) is 11.1 Å². The molecule has 0 aromatic carbocycles. The van der Waals surface area contributed by atoms with Gasteiger partial charge < -0.3 is 13.7 Å². The minimum atomic E-state index is -0.323. The summed E-state index contributed by atoms with van der Waals surface area (Å²) in [4.78, 5) is 4.28. The SMILES string of the molecule is CC1(C)OB(c2ccn3ccnc3c2)OC1(C)C. The molecule has 5 heteroatoms. The Hall–Kier alpha value is -1.33. The van der Waals surface area contributed by atoms with Gasteiger partial charge in [0.25, 0.3) is 0 Å². The lowest BCUT2D eigenvalue weighted by Crippen LogP contribution is -2.41. The maximum atomic E-state index is 6.02. The van der Waals surface area contributed by atoms with Crippen LogP contribution in [0.2, 0.25) is 0 Å². The van der Waals surface area contributed by atoms with Gasteiger partial charge in [-0.1, -0.05) is 0 Å². The smallest absolute Gasteiger partial charge is 0.399 e. The number of nitrogens with zero attached hydrogens (tertiary/aromatic N) is 2. The predicted molar refractivity (Wildman–Crippen MR) is 70.9 cm³/mol. The van der Waals surface area contributed by atoms with Crippen LogP contribution in [0, 0.1) is 0 Å². The maximum Gasteiger partial charge on any atom is 0.495 e. The number of imidazole rings is 1. The Balaban J connectivity index is 1.96. The van der Waals surface area contributed by atoms with Gasteiger partial charge in [0.2, 0.25) is 0 Å². The molecule has 4 nitrogen and oxygen atoms in total. The molecule has 18 heavy (non-hydrogen) atoms. The van der Waals surface area contributed by atoms with Crippen molar-refractivity contribution < 1.29 is 9.31 Å². The molecule has 1 fully saturated rings. The highest BCUT2D eigenvalue weighted by Crippen LogP contribution is 2.36. The highest BCUT2D eigenvalue weighted by atomic mass is 16.7. The molecule has 2 aromatic heterocycles. The molecule has 0 atom stereocenters. The summed E-state index contributed by atoms with van der Waals surface area (Å²) in [6.07, 6.45) is 5.68. The van der Waals surface area contributed by atoms with Crippen LogP contribution < -0.4 is 5.46 Å². The largest absolute Gasteiger partial charge is 0.495 e. The van der Waals surface area contributed by atoms with E-state index in [1.54, 1.807) is 6.20 Å². The number of rotatable bonds is 1.